The number of aromatic amines is 5. The number of alkyl halides is 3. The van der Waals surface area contributed by atoms with E-state index < -0.39 is 11.9 Å². The molecule has 0 spiro atoms. The Hall–Kier alpha value is -8.78. The molecule has 28 heteroatoms. The third kappa shape index (κ3) is 24.2. The Balaban J connectivity index is 0.000000176. The fourth-order valence-electron chi connectivity index (χ4n) is 11.3. The molecule has 0 aromatic carbocycles. The molecule has 1 aliphatic rings. The monoisotopic (exact) mass is 1410 g/mol. The molecule has 0 aliphatic carbocycles. The summed E-state index contributed by atoms with van der Waals surface area (Å²) in [6.45, 7) is 25.5. The molecule has 0 amide bonds. The van der Waals surface area contributed by atoms with Crippen molar-refractivity contribution in [2.45, 2.75) is 113 Å². The van der Waals surface area contributed by atoms with Crippen molar-refractivity contribution in [1.29, 1.82) is 5.26 Å². The van der Waals surface area contributed by atoms with E-state index in [9.17, 15) is 13.2 Å². The molecule has 5 N–H and O–H groups in total. The number of nitriles is 1. The van der Waals surface area contributed by atoms with E-state index in [2.05, 4.69) is 186 Å². The molecular formula is C72H95Cl2F3N22O. The number of hydrogen-bond donors (Lipinski definition) is 5. The van der Waals surface area contributed by atoms with E-state index in [1.807, 2.05) is 63.2 Å². The van der Waals surface area contributed by atoms with Crippen LogP contribution in [0.3, 0.4) is 0 Å². The molecule has 0 radical (unpaired) electrons. The molecule has 23 nitrogen and oxygen atoms in total. The lowest BCUT2D eigenvalue weighted by molar-refractivity contribution is -0.141. The maximum absolute atomic E-state index is 12.5. The Kier molecular flexibility index (Phi) is 31.8. The van der Waals surface area contributed by atoms with Gasteiger partial charge in [-0.2, -0.15) is 43.9 Å². The van der Waals surface area contributed by atoms with E-state index in [0.717, 1.165) is 196 Å². The smallest absolute Gasteiger partial charge is 0.378 e. The maximum Gasteiger partial charge on any atom is 0.433 e. The highest BCUT2D eigenvalue weighted by Crippen LogP contribution is 2.31. The van der Waals surface area contributed by atoms with Gasteiger partial charge >= 0.3 is 6.18 Å². The van der Waals surface area contributed by atoms with Crippen LogP contribution in [-0.2, 0) is 43.6 Å². The van der Waals surface area contributed by atoms with E-state index in [1.54, 1.807) is 37.2 Å². The molecule has 534 valence electrons. The Bertz CT molecular complexity index is 4030. The predicted molar refractivity (Wildman–Crippen MR) is 390 cm³/mol. The second kappa shape index (κ2) is 40.5. The van der Waals surface area contributed by atoms with Crippen molar-refractivity contribution in [3.05, 3.63) is 172 Å². The lowest BCUT2D eigenvalue weighted by Gasteiger charge is -2.27. The minimum Gasteiger partial charge on any atom is -0.378 e. The first kappa shape index (κ1) is 78.6. The summed E-state index contributed by atoms with van der Waals surface area (Å²) >= 11 is 11.9. The Morgan fingerprint density at radius 1 is 0.470 bits per heavy atom. The molecule has 1 aliphatic heterocycles. The van der Waals surface area contributed by atoms with Crippen molar-refractivity contribution in [3.8, 4) is 62.4 Å². The minimum atomic E-state index is -4.42. The van der Waals surface area contributed by atoms with Gasteiger partial charge in [-0.1, -0.05) is 57.8 Å². The van der Waals surface area contributed by atoms with Gasteiger partial charge in [-0.25, -0.2) is 9.97 Å². The van der Waals surface area contributed by atoms with E-state index >= 15 is 0 Å². The van der Waals surface area contributed by atoms with E-state index in [-0.39, 0.29) is 0 Å². The third-order valence-electron chi connectivity index (χ3n) is 16.0. The van der Waals surface area contributed by atoms with Gasteiger partial charge in [-0.05, 0) is 155 Å². The van der Waals surface area contributed by atoms with Gasteiger partial charge in [-0.15, -0.1) is 0 Å². The fraction of sp³-hybridized carbons (Fsp3) is 0.431. The number of ether oxygens (including phenoxy) is 1. The van der Waals surface area contributed by atoms with Gasteiger partial charge in [0.15, 0.2) is 0 Å². The first-order chi connectivity index (χ1) is 48.2. The van der Waals surface area contributed by atoms with Gasteiger partial charge < -0.3 is 34.1 Å². The first-order valence-corrected chi connectivity index (χ1v) is 34.5. The fourth-order valence-corrected chi connectivity index (χ4v) is 11.5. The second-order valence-electron chi connectivity index (χ2n) is 24.8. The first-order valence-electron chi connectivity index (χ1n) is 33.7. The van der Waals surface area contributed by atoms with Gasteiger partial charge in [0.2, 0.25) is 0 Å². The van der Waals surface area contributed by atoms with Gasteiger partial charge in [0.05, 0.1) is 83.3 Å². The summed E-state index contributed by atoms with van der Waals surface area (Å²) in [5.41, 5.74) is 15.5. The molecule has 0 atom stereocenters. The van der Waals surface area contributed by atoms with Crippen molar-refractivity contribution >= 4 is 29.0 Å². The van der Waals surface area contributed by atoms with E-state index in [0.29, 0.717) is 33.5 Å². The summed E-state index contributed by atoms with van der Waals surface area (Å²) in [5.74, 6) is 1.02. The van der Waals surface area contributed by atoms with Crippen LogP contribution >= 0.6 is 23.2 Å². The van der Waals surface area contributed by atoms with Crippen LogP contribution in [-0.4, -0.2) is 195 Å². The zero-order valence-electron chi connectivity index (χ0n) is 59.3. The molecule has 1 fully saturated rings. The number of pyridine rings is 5. The SMILES string of the molecule is CCCN(C)Cc1cn[nH]c1-c1ccc(C(F)(F)F)nc1.CCCN(C)Cc1cn[nH]c1-c1ccc(N2CCOCC2)nc1.CCCN(C)Cc1cn[nH]c1-c1cnc(Cl)c(C)c1.CCCN(C)Cc1cn[nH]c1-c1cncc(C#N)c1.CCCN(C)Cc1cn[nH]c1-c1cncc(Cl)c1. The number of morpholine rings is 1. The van der Waals surface area contributed by atoms with Crippen LogP contribution in [0.25, 0.3) is 56.3 Å². The summed E-state index contributed by atoms with van der Waals surface area (Å²) in [4.78, 5) is 34.0. The van der Waals surface area contributed by atoms with Crippen LogP contribution in [0, 0.1) is 18.3 Å². The van der Waals surface area contributed by atoms with Crippen LogP contribution in [0.1, 0.15) is 111 Å². The third-order valence-corrected chi connectivity index (χ3v) is 16.6. The molecular weight excluding hydrogens is 1320 g/mol. The van der Waals surface area contributed by atoms with Crippen molar-refractivity contribution in [1.82, 2.24) is 100 Å². The van der Waals surface area contributed by atoms with E-state index in [4.69, 9.17) is 33.2 Å². The highest BCUT2D eigenvalue weighted by molar-refractivity contribution is 6.30. The molecule has 10 aromatic heterocycles. The topological polar surface area (TPSA) is 260 Å². The van der Waals surface area contributed by atoms with Crippen LogP contribution in [0.4, 0.5) is 19.0 Å². The van der Waals surface area contributed by atoms with Crippen LogP contribution in [0.15, 0.2) is 117 Å². The largest absolute Gasteiger partial charge is 0.433 e. The quantitative estimate of drug-likeness (QED) is 0.0316. The Morgan fingerprint density at radius 2 is 0.840 bits per heavy atom. The van der Waals surface area contributed by atoms with Crippen molar-refractivity contribution in [2.75, 3.05) is 99.2 Å². The average Bonchev–Trinajstić information content (AvgIpc) is 1.63. The molecule has 0 saturated carbocycles. The highest BCUT2D eigenvalue weighted by Gasteiger charge is 2.32. The number of halogens is 5. The molecule has 100 heavy (non-hydrogen) atoms. The van der Waals surface area contributed by atoms with Crippen molar-refractivity contribution in [2.24, 2.45) is 0 Å². The number of nitrogens with one attached hydrogen (secondary N) is 5. The summed E-state index contributed by atoms with van der Waals surface area (Å²) in [6.07, 6.45) is 22.0. The number of rotatable bonds is 26. The summed E-state index contributed by atoms with van der Waals surface area (Å²) < 4.78 is 42.9. The van der Waals surface area contributed by atoms with Crippen LogP contribution < -0.4 is 4.90 Å². The average molecular weight is 1410 g/mol. The number of aryl methyl sites for hydroxylation is 1. The normalized spacial score (nSPS) is 12.2. The number of aromatic nitrogens is 15. The van der Waals surface area contributed by atoms with Gasteiger partial charge in [0, 0.05) is 145 Å². The Morgan fingerprint density at radius 3 is 1.19 bits per heavy atom. The molecule has 11 heterocycles. The number of H-pyrrole nitrogens is 5. The number of anilines is 1. The molecule has 11 rings (SSSR count). The second-order valence-corrected chi connectivity index (χ2v) is 25.6. The number of hydrogen-bond acceptors (Lipinski definition) is 18. The molecule has 10 aromatic rings. The van der Waals surface area contributed by atoms with Gasteiger partial charge in [0.25, 0.3) is 0 Å². The highest BCUT2D eigenvalue weighted by atomic mass is 35.5. The zero-order chi connectivity index (χ0) is 72.0. The van der Waals surface area contributed by atoms with Gasteiger partial charge in [-0.3, -0.25) is 40.4 Å². The maximum atomic E-state index is 12.5. The van der Waals surface area contributed by atoms with Crippen LogP contribution in [0.2, 0.25) is 10.2 Å². The predicted octanol–water partition coefficient (Wildman–Crippen LogP) is 13.9. The summed E-state index contributed by atoms with van der Waals surface area (Å²) in [7, 11) is 10.4. The minimum absolute atomic E-state index is 0.549. The lowest BCUT2D eigenvalue weighted by Crippen LogP contribution is -2.36. The Labute approximate surface area is 595 Å². The number of nitrogens with zero attached hydrogens (tertiary/aromatic N) is 17. The lowest BCUT2D eigenvalue weighted by atomic mass is 10.1. The van der Waals surface area contributed by atoms with Crippen LogP contribution in [0.5, 0.6) is 0 Å². The van der Waals surface area contributed by atoms with Crippen molar-refractivity contribution in [3.63, 3.8) is 0 Å². The zero-order valence-corrected chi connectivity index (χ0v) is 60.8. The van der Waals surface area contributed by atoms with Gasteiger partial charge in [0.1, 0.15) is 22.7 Å². The standard InChI is InChI=1S/C17H25N5O.C14H19ClN4.C14H17F3N4.C14H17N5.C13H17ClN4/c1-3-6-21(2)13-15-12-19-20-17(15)14-4-5-16(18-11-14)22-7-9-23-10-8-22;1-4-5-19(3)9-12-8-17-18-13(12)11-6-10(2)14(15)16-7-11;1-3-6-21(2)9-11-8-19-20-13(11)10-4-5-12(18-7-10)14(15,16)17;1-3-4-19(2)10-13-9-17-18-14(13)12-5-11(6-15)7-16-8-12;1-3-4-18(2)9-11-7-16-17-13(11)10-5-12(14)8-15-6-10/h4-5,11-12H,3,6-10,13H2,1-2H3,(H,19,20);6-8H,4-5,9H2,1-3H3,(H,17,18);4-5,7-8H,3,6,9H2,1-2H3,(H,19,20);5,7-9H,3-4,10H2,1-2H3,(H,17,18);5-8H,3-4,9H2,1-2H3,(H,16,17). The summed E-state index contributed by atoms with van der Waals surface area (Å²) in [6, 6.07) is 14.4. The molecule has 1 saturated heterocycles. The van der Waals surface area contributed by atoms with E-state index in [1.165, 1.54) is 23.4 Å². The van der Waals surface area contributed by atoms with Crippen molar-refractivity contribution < 1.29 is 17.9 Å². The summed E-state index contributed by atoms with van der Waals surface area (Å²) in [5, 5.41) is 45.7. The molecule has 0 unspecified atom stereocenters. The molecule has 0 bridgehead atoms.